The van der Waals surface area contributed by atoms with Crippen LogP contribution in [0.3, 0.4) is 0 Å². The lowest BCUT2D eigenvalue weighted by Crippen LogP contribution is -2.46. The Morgan fingerprint density at radius 1 is 0.892 bits per heavy atom. The maximum Gasteiger partial charge on any atom is 0.253 e. The molecule has 3 N–H and O–H groups in total. The number of amides is 1. The SMILES string of the molecule is O=C(c1ccc(NC2=NCCCC(c3ccc(NS(=O)c4ccccc4)cc3)=N2)cc1)N1CCNCC1. The van der Waals surface area contributed by atoms with E-state index in [2.05, 4.69) is 20.3 Å². The molecule has 1 atom stereocenters. The number of benzene rings is 3. The molecule has 2 aliphatic heterocycles. The molecule has 3 aromatic rings. The summed E-state index contributed by atoms with van der Waals surface area (Å²) in [5.41, 5.74) is 4.25. The van der Waals surface area contributed by atoms with E-state index in [1.807, 2.05) is 83.8 Å². The predicted octanol–water partition coefficient (Wildman–Crippen LogP) is 3.92. The second-order valence-electron chi connectivity index (χ2n) is 8.87. The zero-order valence-electron chi connectivity index (χ0n) is 20.5. The van der Waals surface area contributed by atoms with Crippen LogP contribution in [0.1, 0.15) is 28.8 Å². The Kier molecular flexibility index (Phi) is 8.02. The summed E-state index contributed by atoms with van der Waals surface area (Å²) in [7, 11) is -1.32. The highest BCUT2D eigenvalue weighted by Crippen LogP contribution is 2.18. The summed E-state index contributed by atoms with van der Waals surface area (Å²) < 4.78 is 15.6. The van der Waals surface area contributed by atoms with Gasteiger partial charge in [-0.1, -0.05) is 30.3 Å². The topological polar surface area (TPSA) is 98.2 Å². The highest BCUT2D eigenvalue weighted by atomic mass is 32.2. The van der Waals surface area contributed by atoms with Crippen LogP contribution in [-0.2, 0) is 11.0 Å². The summed E-state index contributed by atoms with van der Waals surface area (Å²) >= 11 is 0. The minimum atomic E-state index is -1.32. The fourth-order valence-electron chi connectivity index (χ4n) is 4.24. The fourth-order valence-corrected chi connectivity index (χ4v) is 5.12. The van der Waals surface area contributed by atoms with Crippen molar-refractivity contribution in [3.63, 3.8) is 0 Å². The van der Waals surface area contributed by atoms with Crippen molar-refractivity contribution in [2.45, 2.75) is 17.7 Å². The van der Waals surface area contributed by atoms with Gasteiger partial charge in [0.25, 0.3) is 5.91 Å². The Hall–Kier alpha value is -3.82. The summed E-state index contributed by atoms with van der Waals surface area (Å²) in [5.74, 6) is 0.617. The third kappa shape index (κ3) is 6.49. The van der Waals surface area contributed by atoms with Gasteiger partial charge in [-0.2, -0.15) is 0 Å². The Morgan fingerprint density at radius 2 is 1.59 bits per heavy atom. The maximum absolute atomic E-state index is 12.7. The summed E-state index contributed by atoms with van der Waals surface area (Å²) in [6, 6.07) is 24.6. The number of hydrogen-bond donors (Lipinski definition) is 3. The van der Waals surface area contributed by atoms with Gasteiger partial charge in [0.15, 0.2) is 0 Å². The molecular weight excluding hydrogens is 484 g/mol. The molecular formula is C28H30N6O2S. The molecule has 1 unspecified atom stereocenters. The summed E-state index contributed by atoms with van der Waals surface area (Å²) in [6.45, 7) is 3.81. The molecule has 0 saturated carbocycles. The van der Waals surface area contributed by atoms with Gasteiger partial charge >= 0.3 is 0 Å². The van der Waals surface area contributed by atoms with E-state index in [1.165, 1.54) is 0 Å². The Balaban J connectivity index is 1.23. The molecule has 0 radical (unpaired) electrons. The van der Waals surface area contributed by atoms with Gasteiger partial charge in [-0.25, -0.2) is 9.20 Å². The van der Waals surface area contributed by atoms with Crippen LogP contribution in [0.15, 0.2) is 93.7 Å². The van der Waals surface area contributed by atoms with Gasteiger partial charge in [-0.3, -0.25) is 9.79 Å². The van der Waals surface area contributed by atoms with Crippen molar-refractivity contribution in [2.75, 3.05) is 42.8 Å². The van der Waals surface area contributed by atoms with E-state index in [4.69, 9.17) is 4.99 Å². The predicted molar refractivity (Wildman–Crippen MR) is 150 cm³/mol. The number of hydrogen-bond acceptors (Lipinski definition) is 6. The molecule has 3 aromatic carbocycles. The van der Waals surface area contributed by atoms with E-state index in [9.17, 15) is 9.00 Å². The van der Waals surface area contributed by atoms with E-state index in [0.717, 1.165) is 66.6 Å². The number of carbonyl (C=O) groups excluding carboxylic acids is 1. The molecule has 190 valence electrons. The summed E-state index contributed by atoms with van der Waals surface area (Å²) in [5, 5.41) is 6.56. The zero-order valence-corrected chi connectivity index (χ0v) is 21.3. The van der Waals surface area contributed by atoms with E-state index in [0.29, 0.717) is 18.1 Å². The fraction of sp³-hybridized carbons (Fsp3) is 0.250. The normalized spacial score (nSPS) is 16.7. The molecule has 8 nitrogen and oxygen atoms in total. The highest BCUT2D eigenvalue weighted by molar-refractivity contribution is 7.86. The third-order valence-electron chi connectivity index (χ3n) is 6.25. The number of guanidine groups is 1. The number of piperazine rings is 1. The molecule has 1 saturated heterocycles. The first-order valence-electron chi connectivity index (χ1n) is 12.5. The van der Waals surface area contributed by atoms with E-state index >= 15 is 0 Å². The van der Waals surface area contributed by atoms with Crippen LogP contribution < -0.4 is 15.4 Å². The number of carbonyl (C=O) groups is 1. The highest BCUT2D eigenvalue weighted by Gasteiger charge is 2.18. The van der Waals surface area contributed by atoms with Crippen LogP contribution in [0.5, 0.6) is 0 Å². The van der Waals surface area contributed by atoms with E-state index in [-0.39, 0.29) is 5.91 Å². The van der Waals surface area contributed by atoms with Crippen LogP contribution in [0.4, 0.5) is 11.4 Å². The van der Waals surface area contributed by atoms with Crippen molar-refractivity contribution in [1.29, 1.82) is 0 Å². The molecule has 2 heterocycles. The first-order valence-corrected chi connectivity index (χ1v) is 13.6. The second kappa shape index (κ2) is 11.9. The third-order valence-corrected chi connectivity index (χ3v) is 7.37. The summed E-state index contributed by atoms with van der Waals surface area (Å²) in [6.07, 6.45) is 1.72. The van der Waals surface area contributed by atoms with Gasteiger partial charge in [-0.15, -0.1) is 0 Å². The molecule has 0 aromatic heterocycles. The van der Waals surface area contributed by atoms with Crippen LogP contribution in [-0.4, -0.2) is 59.4 Å². The molecule has 2 aliphatic rings. The molecule has 9 heteroatoms. The monoisotopic (exact) mass is 514 g/mol. The van der Waals surface area contributed by atoms with Crippen molar-refractivity contribution in [3.8, 4) is 0 Å². The second-order valence-corrected chi connectivity index (χ2v) is 10.1. The van der Waals surface area contributed by atoms with Gasteiger partial charge < -0.3 is 20.3 Å². The number of nitrogens with one attached hydrogen (secondary N) is 3. The molecule has 0 spiro atoms. The molecule has 1 fully saturated rings. The molecule has 1 amide bonds. The number of nitrogens with zero attached hydrogens (tertiary/aromatic N) is 3. The van der Waals surface area contributed by atoms with Crippen molar-refractivity contribution >= 4 is 39.9 Å². The number of aliphatic imine (C=N–C) groups is 2. The van der Waals surface area contributed by atoms with Crippen molar-refractivity contribution in [2.24, 2.45) is 9.98 Å². The van der Waals surface area contributed by atoms with Gasteiger partial charge in [0, 0.05) is 49.7 Å². The van der Waals surface area contributed by atoms with Gasteiger partial charge in [0.2, 0.25) is 5.96 Å². The van der Waals surface area contributed by atoms with Crippen LogP contribution in [0, 0.1) is 0 Å². The van der Waals surface area contributed by atoms with Crippen LogP contribution in [0.25, 0.3) is 0 Å². The van der Waals surface area contributed by atoms with Gasteiger partial charge in [0.1, 0.15) is 11.0 Å². The first-order chi connectivity index (χ1) is 18.2. The van der Waals surface area contributed by atoms with Crippen molar-refractivity contribution < 1.29 is 9.00 Å². The smallest absolute Gasteiger partial charge is 0.253 e. The van der Waals surface area contributed by atoms with Gasteiger partial charge in [0.05, 0.1) is 10.6 Å². The maximum atomic E-state index is 12.7. The average molecular weight is 515 g/mol. The Morgan fingerprint density at radius 3 is 2.32 bits per heavy atom. The van der Waals surface area contributed by atoms with Crippen LogP contribution >= 0.6 is 0 Å². The lowest BCUT2D eigenvalue weighted by atomic mass is 10.1. The van der Waals surface area contributed by atoms with E-state index < -0.39 is 11.0 Å². The average Bonchev–Trinajstić information content (AvgIpc) is 3.20. The number of rotatable bonds is 6. The molecule has 0 aliphatic carbocycles. The van der Waals surface area contributed by atoms with Crippen molar-refractivity contribution in [1.82, 2.24) is 10.2 Å². The Bertz CT molecular complexity index is 1300. The lowest BCUT2D eigenvalue weighted by Gasteiger charge is -2.27. The first kappa shape index (κ1) is 24.9. The largest absolute Gasteiger partial charge is 0.336 e. The minimum Gasteiger partial charge on any atom is -0.336 e. The standard InChI is InChI=1S/C28H30N6O2S/c35-27(34-19-17-29-18-20-34)22-10-12-23(13-11-22)31-28-30-16-4-7-26(32-28)21-8-14-24(15-9-21)33-37(36)25-5-2-1-3-6-25/h1-3,5-6,8-15,29,33H,4,7,16-20H2,(H,30,31). The molecule has 37 heavy (non-hydrogen) atoms. The van der Waals surface area contributed by atoms with E-state index in [1.54, 1.807) is 0 Å². The van der Waals surface area contributed by atoms with Crippen molar-refractivity contribution in [3.05, 3.63) is 90.0 Å². The minimum absolute atomic E-state index is 0.0608. The zero-order chi connectivity index (χ0) is 25.5. The Labute approximate surface area is 219 Å². The lowest BCUT2D eigenvalue weighted by molar-refractivity contribution is 0.0736. The number of anilines is 2. The van der Waals surface area contributed by atoms with Gasteiger partial charge in [-0.05, 0) is 66.9 Å². The molecule has 5 rings (SSSR count). The quantitative estimate of drug-likeness (QED) is 0.464. The van der Waals surface area contributed by atoms with Crippen LogP contribution in [0.2, 0.25) is 0 Å². The summed E-state index contributed by atoms with van der Waals surface area (Å²) in [4.78, 5) is 24.7. The molecule has 0 bridgehead atoms.